The van der Waals surface area contributed by atoms with Gasteiger partial charge in [-0.15, -0.1) is 6.58 Å². The van der Waals surface area contributed by atoms with E-state index in [1.54, 1.807) is 0 Å². The van der Waals surface area contributed by atoms with E-state index in [0.29, 0.717) is 6.42 Å². The average molecular weight is 283 g/mol. The maximum atomic E-state index is 11.6. The second kappa shape index (κ2) is 9.39. The first-order valence-electron chi connectivity index (χ1n) is 7.44. The molecule has 1 aliphatic carbocycles. The van der Waals surface area contributed by atoms with Crippen LogP contribution >= 0.6 is 0 Å². The molecule has 5 heteroatoms. The van der Waals surface area contributed by atoms with E-state index in [1.165, 1.54) is 0 Å². The minimum absolute atomic E-state index is 0.0444. The number of ether oxygens (including phenoxy) is 1. The highest BCUT2D eigenvalue weighted by Crippen LogP contribution is 2.21. The summed E-state index contributed by atoms with van der Waals surface area (Å²) < 4.78 is 5.21. The first-order chi connectivity index (χ1) is 9.63. The largest absolute Gasteiger partial charge is 0.480 e. The highest BCUT2D eigenvalue weighted by atomic mass is 16.6. The van der Waals surface area contributed by atoms with Gasteiger partial charge < -0.3 is 15.2 Å². The lowest BCUT2D eigenvalue weighted by Gasteiger charge is -2.17. The number of carboxylic acids is 1. The number of rotatable bonds is 9. The topological polar surface area (TPSA) is 75.6 Å². The molecule has 0 aliphatic heterocycles. The Morgan fingerprint density at radius 3 is 2.60 bits per heavy atom. The van der Waals surface area contributed by atoms with Gasteiger partial charge in [-0.2, -0.15) is 0 Å². The van der Waals surface area contributed by atoms with Crippen molar-refractivity contribution in [2.75, 3.05) is 0 Å². The van der Waals surface area contributed by atoms with Crippen LogP contribution in [0.3, 0.4) is 0 Å². The smallest absolute Gasteiger partial charge is 0.408 e. The van der Waals surface area contributed by atoms with Crippen LogP contribution in [0.15, 0.2) is 12.7 Å². The molecule has 5 nitrogen and oxygen atoms in total. The summed E-state index contributed by atoms with van der Waals surface area (Å²) in [6, 6.07) is -0.854. The number of alkyl carbamates (subject to hydrolysis) is 1. The molecule has 0 radical (unpaired) electrons. The predicted molar refractivity (Wildman–Crippen MR) is 76.6 cm³/mol. The summed E-state index contributed by atoms with van der Waals surface area (Å²) in [5, 5.41) is 11.6. The summed E-state index contributed by atoms with van der Waals surface area (Å²) >= 11 is 0. The minimum atomic E-state index is -1.00. The predicted octanol–water partition coefficient (Wildman–Crippen LogP) is 3.24. The molecule has 0 aromatic heterocycles. The van der Waals surface area contributed by atoms with Crippen LogP contribution in [-0.4, -0.2) is 29.3 Å². The fraction of sp³-hybridized carbons (Fsp3) is 0.733. The van der Waals surface area contributed by atoms with E-state index in [0.717, 1.165) is 51.4 Å². The van der Waals surface area contributed by atoms with Gasteiger partial charge in [0.05, 0.1) is 0 Å². The van der Waals surface area contributed by atoms with Crippen molar-refractivity contribution < 1.29 is 19.4 Å². The quantitative estimate of drug-likeness (QED) is 0.503. The van der Waals surface area contributed by atoms with Gasteiger partial charge in [0.1, 0.15) is 12.1 Å². The number of aliphatic carboxylic acids is 1. The normalized spacial score (nSPS) is 16.6. The monoisotopic (exact) mass is 283 g/mol. The molecule has 114 valence electrons. The minimum Gasteiger partial charge on any atom is -0.480 e. The Kier molecular flexibility index (Phi) is 7.77. The van der Waals surface area contributed by atoms with E-state index in [2.05, 4.69) is 11.9 Å². The number of amides is 1. The molecule has 1 amide bonds. The molecular weight excluding hydrogens is 258 g/mol. The number of hydrogen-bond acceptors (Lipinski definition) is 3. The number of unbranched alkanes of at least 4 members (excludes halogenated alkanes) is 3. The number of carbonyl (C=O) groups is 2. The third kappa shape index (κ3) is 6.59. The molecule has 2 N–H and O–H groups in total. The molecule has 20 heavy (non-hydrogen) atoms. The van der Waals surface area contributed by atoms with Crippen LogP contribution < -0.4 is 5.32 Å². The summed E-state index contributed by atoms with van der Waals surface area (Å²) in [6.07, 6.45) is 9.21. The first kappa shape index (κ1) is 16.5. The highest BCUT2D eigenvalue weighted by molar-refractivity contribution is 5.79. The molecule has 1 saturated carbocycles. The molecule has 1 fully saturated rings. The van der Waals surface area contributed by atoms with Gasteiger partial charge in [0.2, 0.25) is 0 Å². The Bertz CT molecular complexity index is 324. The summed E-state index contributed by atoms with van der Waals surface area (Å²) in [7, 11) is 0. The number of hydrogen-bond donors (Lipinski definition) is 2. The van der Waals surface area contributed by atoms with Crippen molar-refractivity contribution in [3.8, 4) is 0 Å². The number of carbonyl (C=O) groups excluding carboxylic acids is 1. The van der Waals surface area contributed by atoms with Crippen molar-refractivity contribution in [3.05, 3.63) is 12.7 Å². The Balaban J connectivity index is 2.24. The van der Waals surface area contributed by atoms with Gasteiger partial charge in [-0.1, -0.05) is 18.9 Å². The maximum absolute atomic E-state index is 11.6. The molecule has 1 atom stereocenters. The van der Waals surface area contributed by atoms with Crippen molar-refractivity contribution in [2.24, 2.45) is 0 Å². The molecule has 1 rings (SSSR count). The van der Waals surface area contributed by atoms with Crippen molar-refractivity contribution in [1.29, 1.82) is 0 Å². The molecule has 1 aliphatic rings. The third-order valence-corrected chi connectivity index (χ3v) is 3.57. The zero-order valence-electron chi connectivity index (χ0n) is 12.0. The summed E-state index contributed by atoms with van der Waals surface area (Å²) in [6.45, 7) is 3.64. The van der Waals surface area contributed by atoms with Gasteiger partial charge in [-0.3, -0.25) is 0 Å². The van der Waals surface area contributed by atoms with Crippen LogP contribution in [0, 0.1) is 0 Å². The molecule has 0 spiro atoms. The van der Waals surface area contributed by atoms with Gasteiger partial charge in [0.25, 0.3) is 0 Å². The van der Waals surface area contributed by atoms with Crippen LogP contribution in [0.25, 0.3) is 0 Å². The third-order valence-electron chi connectivity index (χ3n) is 3.57. The second-order valence-electron chi connectivity index (χ2n) is 5.27. The van der Waals surface area contributed by atoms with Crippen LogP contribution in [0.4, 0.5) is 4.79 Å². The van der Waals surface area contributed by atoms with E-state index >= 15 is 0 Å². The van der Waals surface area contributed by atoms with Crippen LogP contribution in [0.5, 0.6) is 0 Å². The Morgan fingerprint density at radius 2 is 2.00 bits per heavy atom. The fourth-order valence-corrected chi connectivity index (χ4v) is 2.41. The lowest BCUT2D eigenvalue weighted by molar-refractivity contribution is -0.139. The number of allylic oxidation sites excluding steroid dienone is 1. The molecular formula is C15H25NO4. The second-order valence-corrected chi connectivity index (χ2v) is 5.27. The molecule has 0 saturated heterocycles. The highest BCUT2D eigenvalue weighted by Gasteiger charge is 2.23. The number of carboxylic acid groups (broad SMARTS) is 1. The van der Waals surface area contributed by atoms with Gasteiger partial charge >= 0.3 is 12.1 Å². The first-order valence-corrected chi connectivity index (χ1v) is 7.44. The van der Waals surface area contributed by atoms with E-state index in [-0.39, 0.29) is 6.10 Å². The van der Waals surface area contributed by atoms with Crippen LogP contribution in [-0.2, 0) is 9.53 Å². The van der Waals surface area contributed by atoms with E-state index < -0.39 is 18.1 Å². The van der Waals surface area contributed by atoms with Crippen molar-refractivity contribution in [1.82, 2.24) is 5.32 Å². The summed E-state index contributed by atoms with van der Waals surface area (Å²) in [4.78, 5) is 22.7. The lowest BCUT2D eigenvalue weighted by Crippen LogP contribution is -2.42. The molecule has 0 unspecified atom stereocenters. The van der Waals surface area contributed by atoms with E-state index in [1.807, 2.05) is 6.08 Å². The molecule has 0 aromatic rings. The SMILES string of the molecule is C=CCCCCC[C@H](NC(=O)OC1CCCC1)C(=O)O. The van der Waals surface area contributed by atoms with Crippen LogP contribution in [0.1, 0.15) is 57.8 Å². The molecule has 0 heterocycles. The fourth-order valence-electron chi connectivity index (χ4n) is 2.41. The molecule has 0 aromatic carbocycles. The lowest BCUT2D eigenvalue weighted by atomic mass is 10.1. The Labute approximate surface area is 120 Å². The summed E-state index contributed by atoms with van der Waals surface area (Å²) in [5.41, 5.74) is 0. The van der Waals surface area contributed by atoms with Crippen molar-refractivity contribution in [3.63, 3.8) is 0 Å². The van der Waals surface area contributed by atoms with Crippen LogP contribution in [0.2, 0.25) is 0 Å². The maximum Gasteiger partial charge on any atom is 0.408 e. The van der Waals surface area contributed by atoms with Crippen molar-refractivity contribution in [2.45, 2.75) is 69.9 Å². The van der Waals surface area contributed by atoms with Gasteiger partial charge in [0, 0.05) is 0 Å². The van der Waals surface area contributed by atoms with E-state index in [4.69, 9.17) is 9.84 Å². The Morgan fingerprint density at radius 1 is 1.30 bits per heavy atom. The summed E-state index contributed by atoms with van der Waals surface area (Å²) in [5.74, 6) is -1.00. The van der Waals surface area contributed by atoms with Crippen molar-refractivity contribution >= 4 is 12.1 Å². The van der Waals surface area contributed by atoms with Gasteiger partial charge in [0.15, 0.2) is 0 Å². The Hall–Kier alpha value is -1.52. The zero-order valence-corrected chi connectivity index (χ0v) is 12.0. The number of nitrogens with one attached hydrogen (secondary N) is 1. The van der Waals surface area contributed by atoms with Gasteiger partial charge in [-0.05, 0) is 44.9 Å². The average Bonchev–Trinajstić information content (AvgIpc) is 2.89. The van der Waals surface area contributed by atoms with Gasteiger partial charge in [-0.25, -0.2) is 9.59 Å². The van der Waals surface area contributed by atoms with E-state index in [9.17, 15) is 9.59 Å². The zero-order chi connectivity index (χ0) is 14.8. The molecule has 0 bridgehead atoms. The standard InChI is InChI=1S/C15H25NO4/c1-2-3-4-5-6-11-13(14(17)18)16-15(19)20-12-9-7-8-10-12/h2,12-13H,1,3-11H2,(H,16,19)(H,17,18)/t13-/m0/s1.